The van der Waals surface area contributed by atoms with Crippen LogP contribution in [0, 0.1) is 0 Å². The summed E-state index contributed by atoms with van der Waals surface area (Å²) in [7, 11) is 0. The average Bonchev–Trinajstić information content (AvgIpc) is 3.02. The summed E-state index contributed by atoms with van der Waals surface area (Å²) in [5, 5.41) is 3.83. The second kappa shape index (κ2) is 8.13. The first kappa shape index (κ1) is 19.6. The molecule has 25 heavy (non-hydrogen) atoms. The van der Waals surface area contributed by atoms with Gasteiger partial charge in [-0.15, -0.1) is 12.4 Å². The van der Waals surface area contributed by atoms with Gasteiger partial charge in [-0.05, 0) is 17.7 Å². The summed E-state index contributed by atoms with van der Waals surface area (Å²) in [4.78, 5) is 6.15. The van der Waals surface area contributed by atoms with Crippen molar-refractivity contribution in [1.82, 2.24) is 15.0 Å². The molecule has 0 spiro atoms. The first-order chi connectivity index (χ1) is 11.5. The highest BCUT2D eigenvalue weighted by atomic mass is 35.5. The zero-order chi connectivity index (χ0) is 17.2. The maximum atomic E-state index is 12.8. The number of rotatable bonds is 4. The minimum atomic E-state index is -4.37. The van der Waals surface area contributed by atoms with Crippen LogP contribution in [0.3, 0.4) is 0 Å². The third-order valence-electron chi connectivity index (χ3n) is 3.79. The number of halogens is 4. The van der Waals surface area contributed by atoms with E-state index in [9.17, 15) is 13.2 Å². The van der Waals surface area contributed by atoms with E-state index < -0.39 is 17.8 Å². The molecule has 0 amide bonds. The van der Waals surface area contributed by atoms with Crippen LogP contribution in [0.15, 0.2) is 28.8 Å². The normalized spacial score (nSPS) is 18.8. The van der Waals surface area contributed by atoms with Crippen LogP contribution < -0.4 is 5.73 Å². The molecule has 2 heterocycles. The number of nitrogens with two attached hydrogens (primary N) is 1. The van der Waals surface area contributed by atoms with Crippen LogP contribution >= 0.6 is 12.4 Å². The summed E-state index contributed by atoms with van der Waals surface area (Å²) < 4.78 is 49.1. The Morgan fingerprint density at radius 3 is 2.80 bits per heavy atom. The van der Waals surface area contributed by atoms with Crippen molar-refractivity contribution in [3.8, 4) is 0 Å². The number of hydrogen-bond acceptors (Lipinski definition) is 6. The Morgan fingerprint density at radius 2 is 2.12 bits per heavy atom. The summed E-state index contributed by atoms with van der Waals surface area (Å²) in [6, 6.07) is 5.23. The van der Waals surface area contributed by atoms with Gasteiger partial charge in [-0.3, -0.25) is 4.90 Å². The molecule has 0 radical (unpaired) electrons. The fourth-order valence-electron chi connectivity index (χ4n) is 2.60. The molecule has 0 bridgehead atoms. The van der Waals surface area contributed by atoms with Crippen LogP contribution in [0.4, 0.5) is 13.2 Å². The van der Waals surface area contributed by atoms with Crippen molar-refractivity contribution in [3.05, 3.63) is 47.1 Å². The number of ether oxygens (including phenoxy) is 1. The zero-order valence-electron chi connectivity index (χ0n) is 13.2. The lowest BCUT2D eigenvalue weighted by Crippen LogP contribution is -2.38. The van der Waals surface area contributed by atoms with E-state index in [-0.39, 0.29) is 19.0 Å². The molecule has 1 aromatic carbocycles. The van der Waals surface area contributed by atoms with Crippen molar-refractivity contribution in [3.63, 3.8) is 0 Å². The van der Waals surface area contributed by atoms with E-state index in [4.69, 9.17) is 15.0 Å². The molecule has 1 aliphatic heterocycles. The van der Waals surface area contributed by atoms with Crippen LogP contribution in [0.1, 0.15) is 28.9 Å². The summed E-state index contributed by atoms with van der Waals surface area (Å²) in [6.07, 6.45) is -4.80. The van der Waals surface area contributed by atoms with Crippen LogP contribution in [0.25, 0.3) is 0 Å². The molecule has 2 aromatic rings. The molecule has 1 atom stereocenters. The molecular weight excluding hydrogens is 361 g/mol. The standard InChI is InChI=1S/C15H17F3N4O2.ClH/c16-15(17,18)11-3-1-2-10(6-11)12-8-22(4-5-23-12)9-13-20-14(7-19)24-21-13;/h1-3,6,12H,4-5,7-9,19H2;1H. The highest BCUT2D eigenvalue weighted by Gasteiger charge is 2.32. The van der Waals surface area contributed by atoms with Gasteiger partial charge in [0, 0.05) is 13.1 Å². The summed E-state index contributed by atoms with van der Waals surface area (Å²) >= 11 is 0. The van der Waals surface area contributed by atoms with E-state index in [2.05, 4.69) is 10.1 Å². The minimum absolute atomic E-state index is 0. The molecule has 1 unspecified atom stereocenters. The van der Waals surface area contributed by atoms with E-state index >= 15 is 0 Å². The molecule has 2 N–H and O–H groups in total. The molecule has 1 aliphatic rings. The number of hydrogen-bond donors (Lipinski definition) is 1. The molecule has 138 valence electrons. The summed E-state index contributed by atoms with van der Waals surface area (Å²) in [6.45, 7) is 2.11. The lowest BCUT2D eigenvalue weighted by molar-refractivity contribution is -0.137. The molecule has 6 nitrogen and oxygen atoms in total. The van der Waals surface area contributed by atoms with E-state index in [1.165, 1.54) is 6.07 Å². The lowest BCUT2D eigenvalue weighted by Gasteiger charge is -2.32. The van der Waals surface area contributed by atoms with Gasteiger partial charge in [-0.25, -0.2) is 0 Å². The van der Waals surface area contributed by atoms with Crippen molar-refractivity contribution in [2.24, 2.45) is 5.73 Å². The van der Waals surface area contributed by atoms with Crippen LogP contribution in [-0.2, 0) is 24.0 Å². The molecule has 1 fully saturated rings. The minimum Gasteiger partial charge on any atom is -0.371 e. The third-order valence-corrected chi connectivity index (χ3v) is 3.79. The van der Waals surface area contributed by atoms with Crippen LogP contribution in [0.5, 0.6) is 0 Å². The van der Waals surface area contributed by atoms with Gasteiger partial charge in [0.2, 0.25) is 5.89 Å². The maximum absolute atomic E-state index is 12.8. The van der Waals surface area contributed by atoms with Crippen LogP contribution in [-0.4, -0.2) is 34.7 Å². The average molecular weight is 379 g/mol. The fraction of sp³-hybridized carbons (Fsp3) is 0.467. The smallest absolute Gasteiger partial charge is 0.371 e. The van der Waals surface area contributed by atoms with E-state index in [0.29, 0.717) is 43.5 Å². The SMILES string of the molecule is Cl.NCc1nc(CN2CCOC(c3cccc(C(F)(F)F)c3)C2)no1. The van der Waals surface area contributed by atoms with E-state index in [0.717, 1.165) is 12.1 Å². The van der Waals surface area contributed by atoms with Gasteiger partial charge in [0.15, 0.2) is 5.82 Å². The highest BCUT2D eigenvalue weighted by molar-refractivity contribution is 5.85. The van der Waals surface area contributed by atoms with Crippen molar-refractivity contribution in [2.75, 3.05) is 19.7 Å². The second-order valence-electron chi connectivity index (χ2n) is 5.53. The molecule has 0 saturated carbocycles. The van der Waals surface area contributed by atoms with Crippen molar-refractivity contribution >= 4 is 12.4 Å². The summed E-state index contributed by atoms with van der Waals surface area (Å²) in [5.74, 6) is 0.854. The Kier molecular flexibility index (Phi) is 6.39. The predicted molar refractivity (Wildman–Crippen MR) is 84.9 cm³/mol. The summed E-state index contributed by atoms with van der Waals surface area (Å²) in [5.41, 5.74) is 5.25. The lowest BCUT2D eigenvalue weighted by atomic mass is 10.0. The number of morpholine rings is 1. The second-order valence-corrected chi connectivity index (χ2v) is 5.53. The number of alkyl halides is 3. The van der Waals surface area contributed by atoms with Crippen molar-refractivity contribution < 1.29 is 22.4 Å². The van der Waals surface area contributed by atoms with Gasteiger partial charge >= 0.3 is 6.18 Å². The highest BCUT2D eigenvalue weighted by Crippen LogP contribution is 2.32. The van der Waals surface area contributed by atoms with E-state index in [1.54, 1.807) is 6.07 Å². The molecule has 1 saturated heterocycles. The molecule has 1 aromatic heterocycles. The predicted octanol–water partition coefficient (Wildman–Crippen LogP) is 2.54. The third kappa shape index (κ3) is 4.91. The zero-order valence-corrected chi connectivity index (χ0v) is 14.0. The molecular formula is C15H18ClF3N4O2. The number of benzene rings is 1. The number of nitrogens with zero attached hydrogens (tertiary/aromatic N) is 3. The van der Waals surface area contributed by atoms with Crippen LogP contribution in [0.2, 0.25) is 0 Å². The molecule has 10 heteroatoms. The van der Waals surface area contributed by atoms with Gasteiger partial charge in [-0.2, -0.15) is 18.2 Å². The largest absolute Gasteiger partial charge is 0.416 e. The number of aromatic nitrogens is 2. The van der Waals surface area contributed by atoms with Crippen molar-refractivity contribution in [2.45, 2.75) is 25.4 Å². The van der Waals surface area contributed by atoms with Gasteiger partial charge < -0.3 is 15.0 Å². The monoisotopic (exact) mass is 378 g/mol. The van der Waals surface area contributed by atoms with Gasteiger partial charge in [-0.1, -0.05) is 17.3 Å². The van der Waals surface area contributed by atoms with Gasteiger partial charge in [0.25, 0.3) is 0 Å². The van der Waals surface area contributed by atoms with Gasteiger partial charge in [0.1, 0.15) is 0 Å². The Hall–Kier alpha value is -1.68. The fourth-order valence-corrected chi connectivity index (χ4v) is 2.60. The van der Waals surface area contributed by atoms with Gasteiger partial charge in [0.05, 0.1) is 31.4 Å². The maximum Gasteiger partial charge on any atom is 0.416 e. The van der Waals surface area contributed by atoms with Crippen molar-refractivity contribution in [1.29, 1.82) is 0 Å². The molecule has 0 aliphatic carbocycles. The molecule has 3 rings (SSSR count). The Balaban J connectivity index is 0.00000225. The first-order valence-corrected chi connectivity index (χ1v) is 7.48. The first-order valence-electron chi connectivity index (χ1n) is 7.48. The Morgan fingerprint density at radius 1 is 1.32 bits per heavy atom. The topological polar surface area (TPSA) is 77.4 Å². The Labute approximate surface area is 148 Å². The quantitative estimate of drug-likeness (QED) is 0.881. The van der Waals surface area contributed by atoms with E-state index in [1.807, 2.05) is 4.90 Å². The Bertz CT molecular complexity index is 695.